The van der Waals surface area contributed by atoms with E-state index in [9.17, 15) is 13.2 Å². The van der Waals surface area contributed by atoms with E-state index < -0.39 is 12.1 Å². The number of hydrogen-bond donors (Lipinski definition) is 1. The summed E-state index contributed by atoms with van der Waals surface area (Å²) < 4.78 is 37.6. The molecule has 0 heterocycles. The number of hydrogen-bond acceptors (Lipinski definition) is 1. The molecule has 18 heavy (non-hydrogen) atoms. The molecule has 0 unspecified atom stereocenters. The van der Waals surface area contributed by atoms with Gasteiger partial charge >= 0.3 is 6.18 Å². The standard InChI is InChI=1S/C14H26F3N/c1-10(2)13(3,4)9-18-12-7-5-11(6-8-12)14(15,16)17/h10-12,18H,5-9H2,1-4H3. The van der Waals surface area contributed by atoms with Gasteiger partial charge in [-0.2, -0.15) is 13.2 Å². The predicted octanol–water partition coefficient (Wildman–Crippen LogP) is 4.38. The average molecular weight is 265 g/mol. The van der Waals surface area contributed by atoms with Gasteiger partial charge < -0.3 is 5.32 Å². The monoisotopic (exact) mass is 265 g/mol. The molecule has 1 fully saturated rings. The first kappa shape index (κ1) is 15.8. The van der Waals surface area contributed by atoms with Crippen molar-refractivity contribution in [2.45, 2.75) is 65.6 Å². The lowest BCUT2D eigenvalue weighted by Crippen LogP contribution is -2.42. The minimum absolute atomic E-state index is 0.195. The van der Waals surface area contributed by atoms with Crippen LogP contribution in [0.1, 0.15) is 53.4 Å². The second-order valence-electron chi connectivity index (χ2n) is 6.61. The molecule has 4 heteroatoms. The lowest BCUT2D eigenvalue weighted by Gasteiger charge is -2.35. The Morgan fingerprint density at radius 3 is 1.94 bits per heavy atom. The van der Waals surface area contributed by atoms with E-state index in [1.54, 1.807) is 0 Å². The molecule has 0 amide bonds. The molecule has 0 spiro atoms. The summed E-state index contributed by atoms with van der Waals surface area (Å²) in [6.07, 6.45) is -2.13. The molecule has 0 aromatic heterocycles. The maximum Gasteiger partial charge on any atom is 0.391 e. The third-order valence-electron chi connectivity index (χ3n) is 4.60. The zero-order valence-electron chi connectivity index (χ0n) is 11.9. The zero-order valence-corrected chi connectivity index (χ0v) is 11.9. The molecule has 1 saturated carbocycles. The highest BCUT2D eigenvalue weighted by atomic mass is 19.4. The van der Waals surface area contributed by atoms with Gasteiger partial charge in [0.05, 0.1) is 5.92 Å². The van der Waals surface area contributed by atoms with Crippen LogP contribution in [0.2, 0.25) is 0 Å². The maximum absolute atomic E-state index is 12.5. The average Bonchev–Trinajstić information content (AvgIpc) is 2.25. The van der Waals surface area contributed by atoms with Crippen LogP contribution in [0.5, 0.6) is 0 Å². The SMILES string of the molecule is CC(C)C(C)(C)CNC1CCC(C(F)(F)F)CC1. The Balaban J connectivity index is 2.32. The molecule has 0 aromatic rings. The summed E-state index contributed by atoms with van der Waals surface area (Å²) in [5, 5.41) is 3.45. The molecule has 1 aliphatic rings. The van der Waals surface area contributed by atoms with Crippen LogP contribution in [0.3, 0.4) is 0 Å². The number of nitrogens with one attached hydrogen (secondary N) is 1. The third-order valence-corrected chi connectivity index (χ3v) is 4.60. The first-order valence-corrected chi connectivity index (χ1v) is 6.93. The zero-order chi connectivity index (χ0) is 14.0. The molecule has 1 aliphatic carbocycles. The van der Waals surface area contributed by atoms with E-state index in [1.165, 1.54) is 0 Å². The van der Waals surface area contributed by atoms with Crippen LogP contribution in [0.15, 0.2) is 0 Å². The van der Waals surface area contributed by atoms with Crippen LogP contribution in [0, 0.1) is 17.3 Å². The van der Waals surface area contributed by atoms with Gasteiger partial charge in [-0.05, 0) is 37.0 Å². The van der Waals surface area contributed by atoms with Gasteiger partial charge in [0, 0.05) is 12.6 Å². The summed E-state index contributed by atoms with van der Waals surface area (Å²) in [7, 11) is 0. The Morgan fingerprint density at radius 1 is 1.06 bits per heavy atom. The second kappa shape index (κ2) is 5.81. The van der Waals surface area contributed by atoms with Crippen molar-refractivity contribution in [2.75, 3.05) is 6.54 Å². The summed E-state index contributed by atoms with van der Waals surface area (Å²) in [6, 6.07) is 0.265. The van der Waals surface area contributed by atoms with Gasteiger partial charge in [0.15, 0.2) is 0 Å². The normalized spacial score (nSPS) is 26.7. The van der Waals surface area contributed by atoms with E-state index in [0.717, 1.165) is 6.54 Å². The minimum atomic E-state index is -4.00. The van der Waals surface area contributed by atoms with Crippen LogP contribution in [-0.4, -0.2) is 18.8 Å². The Labute approximate surface area is 109 Å². The molecule has 0 atom stereocenters. The highest BCUT2D eigenvalue weighted by Crippen LogP contribution is 2.37. The highest BCUT2D eigenvalue weighted by Gasteiger charge is 2.41. The fraction of sp³-hybridized carbons (Fsp3) is 1.00. The Kier molecular flexibility index (Phi) is 5.10. The van der Waals surface area contributed by atoms with E-state index in [0.29, 0.717) is 18.8 Å². The topological polar surface area (TPSA) is 12.0 Å². The molecule has 1 nitrogen and oxygen atoms in total. The fourth-order valence-corrected chi connectivity index (χ4v) is 2.24. The van der Waals surface area contributed by atoms with E-state index in [-0.39, 0.29) is 24.3 Å². The van der Waals surface area contributed by atoms with Gasteiger partial charge in [-0.1, -0.05) is 27.7 Å². The lowest BCUT2D eigenvalue weighted by atomic mass is 9.80. The first-order valence-electron chi connectivity index (χ1n) is 6.93. The Bertz CT molecular complexity index is 250. The fourth-order valence-electron chi connectivity index (χ4n) is 2.24. The van der Waals surface area contributed by atoms with Crippen molar-refractivity contribution in [3.05, 3.63) is 0 Å². The quantitative estimate of drug-likeness (QED) is 0.795. The molecule has 0 aromatic carbocycles. The highest BCUT2D eigenvalue weighted by molar-refractivity contribution is 4.83. The van der Waals surface area contributed by atoms with E-state index >= 15 is 0 Å². The van der Waals surface area contributed by atoms with Gasteiger partial charge in [0.25, 0.3) is 0 Å². The molecule has 0 radical (unpaired) electrons. The van der Waals surface area contributed by atoms with Crippen LogP contribution < -0.4 is 5.32 Å². The van der Waals surface area contributed by atoms with E-state index in [4.69, 9.17) is 0 Å². The van der Waals surface area contributed by atoms with Crippen molar-refractivity contribution in [2.24, 2.45) is 17.3 Å². The summed E-state index contributed by atoms with van der Waals surface area (Å²) in [5.41, 5.74) is 0.195. The molecule has 1 N–H and O–H groups in total. The second-order valence-corrected chi connectivity index (χ2v) is 6.61. The lowest BCUT2D eigenvalue weighted by molar-refractivity contribution is -0.182. The van der Waals surface area contributed by atoms with Gasteiger partial charge in [0.1, 0.15) is 0 Å². The van der Waals surface area contributed by atoms with Crippen molar-refractivity contribution in [1.29, 1.82) is 0 Å². The molecule has 0 bridgehead atoms. The van der Waals surface area contributed by atoms with E-state index in [1.807, 2.05) is 0 Å². The maximum atomic E-state index is 12.5. The van der Waals surface area contributed by atoms with Crippen LogP contribution in [0.25, 0.3) is 0 Å². The minimum Gasteiger partial charge on any atom is -0.313 e. The Hall–Kier alpha value is -0.250. The predicted molar refractivity (Wildman–Crippen MR) is 68.4 cm³/mol. The van der Waals surface area contributed by atoms with Crippen LogP contribution >= 0.6 is 0 Å². The number of alkyl halides is 3. The van der Waals surface area contributed by atoms with Crippen molar-refractivity contribution in [3.63, 3.8) is 0 Å². The van der Waals surface area contributed by atoms with Crippen molar-refractivity contribution < 1.29 is 13.2 Å². The van der Waals surface area contributed by atoms with Crippen LogP contribution in [-0.2, 0) is 0 Å². The van der Waals surface area contributed by atoms with Gasteiger partial charge in [-0.25, -0.2) is 0 Å². The van der Waals surface area contributed by atoms with Gasteiger partial charge in [0.2, 0.25) is 0 Å². The van der Waals surface area contributed by atoms with Gasteiger partial charge in [-0.15, -0.1) is 0 Å². The summed E-state index contributed by atoms with van der Waals surface area (Å²) in [4.78, 5) is 0. The Morgan fingerprint density at radius 2 is 1.56 bits per heavy atom. The number of rotatable bonds is 4. The molecule has 0 saturated heterocycles. The van der Waals surface area contributed by atoms with Gasteiger partial charge in [-0.3, -0.25) is 0 Å². The van der Waals surface area contributed by atoms with Crippen LogP contribution in [0.4, 0.5) is 13.2 Å². The van der Waals surface area contributed by atoms with Crippen molar-refractivity contribution in [3.8, 4) is 0 Å². The van der Waals surface area contributed by atoms with Crippen molar-refractivity contribution >= 4 is 0 Å². The first-order chi connectivity index (χ1) is 8.13. The summed E-state index contributed by atoms with van der Waals surface area (Å²) in [5.74, 6) is -0.509. The van der Waals surface area contributed by atoms with Crippen molar-refractivity contribution in [1.82, 2.24) is 5.32 Å². The summed E-state index contributed by atoms with van der Waals surface area (Å²) in [6.45, 7) is 9.65. The smallest absolute Gasteiger partial charge is 0.313 e. The number of halogens is 3. The molecule has 1 rings (SSSR count). The summed E-state index contributed by atoms with van der Waals surface area (Å²) >= 11 is 0. The molecular formula is C14H26F3N. The molecule has 0 aliphatic heterocycles. The van der Waals surface area contributed by atoms with E-state index in [2.05, 4.69) is 33.0 Å². The molecule has 108 valence electrons. The largest absolute Gasteiger partial charge is 0.391 e. The molecular weight excluding hydrogens is 239 g/mol. The third kappa shape index (κ3) is 4.45.